The third-order valence-electron chi connectivity index (χ3n) is 4.47. The van der Waals surface area contributed by atoms with Crippen molar-refractivity contribution in [3.63, 3.8) is 0 Å². The molecule has 0 unspecified atom stereocenters. The Hall–Kier alpha value is -2.93. The lowest BCUT2D eigenvalue weighted by Gasteiger charge is -2.12. The molecule has 0 saturated heterocycles. The maximum atomic E-state index is 13.4. The molecule has 3 rings (SSSR count). The number of nitrogens with zero attached hydrogens (tertiary/aromatic N) is 3. The summed E-state index contributed by atoms with van der Waals surface area (Å²) in [4.78, 5) is 5.51. The average Bonchev–Trinajstić information content (AvgIpc) is 3.13. The molecule has 3 aromatic rings. The van der Waals surface area contributed by atoms with E-state index in [2.05, 4.69) is 6.92 Å². The Bertz CT molecular complexity index is 1100. The largest absolute Gasteiger partial charge is 0.493 e. The van der Waals surface area contributed by atoms with Crippen LogP contribution in [0.15, 0.2) is 57.9 Å². The van der Waals surface area contributed by atoms with E-state index in [-0.39, 0.29) is 11.9 Å². The summed E-state index contributed by atoms with van der Waals surface area (Å²) in [5.41, 5.74) is 3.56. The minimum Gasteiger partial charge on any atom is -0.493 e. The van der Waals surface area contributed by atoms with Crippen molar-refractivity contribution in [1.82, 2.24) is 4.68 Å². The van der Waals surface area contributed by atoms with Gasteiger partial charge in [-0.25, -0.2) is 9.07 Å². The van der Waals surface area contributed by atoms with Gasteiger partial charge in [0.15, 0.2) is 11.5 Å². The van der Waals surface area contributed by atoms with Crippen LogP contribution >= 0.6 is 11.3 Å². The summed E-state index contributed by atoms with van der Waals surface area (Å²) in [5, 5.41) is 6.95. The van der Waals surface area contributed by atoms with Crippen LogP contribution < -0.4 is 14.3 Å². The van der Waals surface area contributed by atoms with Gasteiger partial charge in [-0.3, -0.25) is 4.99 Å². The van der Waals surface area contributed by atoms with E-state index in [4.69, 9.17) is 19.6 Å². The summed E-state index contributed by atoms with van der Waals surface area (Å²) in [7, 11) is 3.23. The summed E-state index contributed by atoms with van der Waals surface area (Å²) in [6, 6.07) is 12.3. The monoisotopic (exact) mass is 427 g/mol. The van der Waals surface area contributed by atoms with Gasteiger partial charge in [-0.05, 0) is 62.7 Å². The van der Waals surface area contributed by atoms with Crippen molar-refractivity contribution in [1.29, 1.82) is 0 Å². The molecule has 0 atom stereocenters. The van der Waals surface area contributed by atoms with Crippen LogP contribution in [-0.4, -0.2) is 30.6 Å². The summed E-state index contributed by atoms with van der Waals surface area (Å²) in [6.07, 6.45) is 0.711. The first-order valence-corrected chi connectivity index (χ1v) is 10.6. The van der Waals surface area contributed by atoms with Crippen molar-refractivity contribution in [2.24, 2.45) is 10.1 Å². The first-order chi connectivity index (χ1) is 14.5. The Morgan fingerprint density at radius 3 is 2.37 bits per heavy atom. The number of halogens is 1. The van der Waals surface area contributed by atoms with Crippen LogP contribution in [0.1, 0.15) is 32.8 Å². The molecule has 0 radical (unpaired) electrons. The van der Waals surface area contributed by atoms with E-state index >= 15 is 0 Å². The van der Waals surface area contributed by atoms with Crippen LogP contribution in [0.4, 0.5) is 4.39 Å². The molecule has 0 amide bonds. The number of thiazole rings is 1. The molecule has 1 aromatic heterocycles. The van der Waals surface area contributed by atoms with Crippen LogP contribution in [0.5, 0.6) is 11.5 Å². The van der Waals surface area contributed by atoms with Gasteiger partial charge in [0, 0.05) is 22.5 Å². The Kier molecular flexibility index (Phi) is 7.05. The Morgan fingerprint density at radius 1 is 1.07 bits per heavy atom. The van der Waals surface area contributed by atoms with E-state index in [0.29, 0.717) is 17.9 Å². The predicted octanol–water partition coefficient (Wildman–Crippen LogP) is 5.34. The smallest absolute Gasteiger partial charge is 0.206 e. The van der Waals surface area contributed by atoms with Gasteiger partial charge in [0.05, 0.1) is 25.6 Å². The van der Waals surface area contributed by atoms with E-state index in [0.717, 1.165) is 27.3 Å². The van der Waals surface area contributed by atoms with Gasteiger partial charge in [-0.1, -0.05) is 6.92 Å². The molecule has 0 saturated carbocycles. The van der Waals surface area contributed by atoms with Crippen molar-refractivity contribution in [2.45, 2.75) is 33.2 Å². The maximum absolute atomic E-state index is 13.4. The number of benzene rings is 2. The normalized spacial score (nSPS) is 12.5. The summed E-state index contributed by atoms with van der Waals surface area (Å²) >= 11 is 1.52. The van der Waals surface area contributed by atoms with E-state index in [9.17, 15) is 4.39 Å². The van der Waals surface area contributed by atoms with Gasteiger partial charge in [0.2, 0.25) is 4.80 Å². The minimum atomic E-state index is -0.268. The predicted molar refractivity (Wildman–Crippen MR) is 120 cm³/mol. The molecule has 2 aromatic carbocycles. The van der Waals surface area contributed by atoms with Crippen molar-refractivity contribution < 1.29 is 13.9 Å². The molecule has 0 aliphatic rings. The standard InChI is InChI=1S/C23H26FN3O2S/c1-6-19(17-9-12-21(28-4)22(13-17)29-5)26-27-20(14-30-23(27)25-15(2)3)16-7-10-18(24)11-8-16/h7-15H,6H2,1-5H3. The molecular formula is C23H26FN3O2S. The zero-order valence-electron chi connectivity index (χ0n) is 17.8. The molecule has 0 fully saturated rings. The number of hydrogen-bond donors (Lipinski definition) is 0. The van der Waals surface area contributed by atoms with Crippen LogP contribution in [0.3, 0.4) is 0 Å². The van der Waals surface area contributed by atoms with Crippen molar-refractivity contribution in [2.75, 3.05) is 14.2 Å². The van der Waals surface area contributed by atoms with E-state index < -0.39 is 0 Å². The first-order valence-electron chi connectivity index (χ1n) is 9.77. The van der Waals surface area contributed by atoms with Gasteiger partial charge in [0.25, 0.3) is 0 Å². The van der Waals surface area contributed by atoms with Crippen LogP contribution in [0.2, 0.25) is 0 Å². The zero-order valence-corrected chi connectivity index (χ0v) is 18.7. The number of methoxy groups -OCH3 is 2. The summed E-state index contributed by atoms with van der Waals surface area (Å²) < 4.78 is 26.1. The number of ether oxygens (including phenoxy) is 2. The number of hydrogen-bond acceptors (Lipinski definition) is 5. The lowest BCUT2D eigenvalue weighted by Crippen LogP contribution is -2.17. The highest BCUT2D eigenvalue weighted by atomic mass is 32.1. The second-order valence-electron chi connectivity index (χ2n) is 6.92. The Labute approximate surface area is 180 Å². The van der Waals surface area contributed by atoms with Crippen molar-refractivity contribution in [3.8, 4) is 22.8 Å². The van der Waals surface area contributed by atoms with Crippen LogP contribution in [0, 0.1) is 5.82 Å². The van der Waals surface area contributed by atoms with Crippen molar-refractivity contribution in [3.05, 3.63) is 64.0 Å². The highest BCUT2D eigenvalue weighted by Crippen LogP contribution is 2.28. The van der Waals surface area contributed by atoms with E-state index in [1.165, 1.54) is 23.5 Å². The van der Waals surface area contributed by atoms with Gasteiger partial charge < -0.3 is 9.47 Å². The second-order valence-corrected chi connectivity index (χ2v) is 7.75. The highest BCUT2D eigenvalue weighted by Gasteiger charge is 2.12. The first kappa shape index (κ1) is 21.8. The fourth-order valence-electron chi connectivity index (χ4n) is 2.99. The molecule has 1 heterocycles. The fraction of sp³-hybridized carbons (Fsp3) is 0.304. The molecule has 0 aliphatic carbocycles. The molecule has 0 bridgehead atoms. The lowest BCUT2D eigenvalue weighted by molar-refractivity contribution is 0.355. The molecule has 158 valence electrons. The van der Waals surface area contributed by atoms with Gasteiger partial charge in [-0.15, -0.1) is 11.3 Å². The molecule has 5 nitrogen and oxygen atoms in total. The summed E-state index contributed by atoms with van der Waals surface area (Å²) in [6.45, 7) is 6.11. The third-order valence-corrected chi connectivity index (χ3v) is 5.30. The van der Waals surface area contributed by atoms with Crippen LogP contribution in [0.25, 0.3) is 11.3 Å². The molecule has 30 heavy (non-hydrogen) atoms. The van der Waals surface area contributed by atoms with Gasteiger partial charge in [0.1, 0.15) is 5.82 Å². The topological polar surface area (TPSA) is 48.1 Å². The molecule has 7 heteroatoms. The van der Waals surface area contributed by atoms with E-state index in [1.807, 2.05) is 42.1 Å². The lowest BCUT2D eigenvalue weighted by atomic mass is 10.1. The molecular weight excluding hydrogens is 401 g/mol. The van der Waals surface area contributed by atoms with Crippen molar-refractivity contribution >= 4 is 17.0 Å². The number of rotatable bonds is 7. The van der Waals surface area contributed by atoms with E-state index in [1.54, 1.807) is 26.4 Å². The Balaban J connectivity index is 2.18. The third kappa shape index (κ3) is 4.79. The zero-order chi connectivity index (χ0) is 21.7. The number of aromatic nitrogens is 1. The minimum absolute atomic E-state index is 0.123. The molecule has 0 aliphatic heterocycles. The second kappa shape index (κ2) is 9.71. The van der Waals surface area contributed by atoms with Gasteiger partial charge in [-0.2, -0.15) is 5.10 Å². The Morgan fingerprint density at radius 2 is 1.77 bits per heavy atom. The highest BCUT2D eigenvalue weighted by molar-refractivity contribution is 7.07. The summed E-state index contributed by atoms with van der Waals surface area (Å²) in [5.74, 6) is 1.05. The average molecular weight is 428 g/mol. The SMILES string of the molecule is CCC(=Nn1c(-c2ccc(F)cc2)csc1=NC(C)C)c1ccc(OC)c(OC)c1. The quantitative estimate of drug-likeness (QED) is 0.478. The molecule has 0 N–H and O–H groups in total. The van der Waals surface area contributed by atoms with Crippen LogP contribution in [-0.2, 0) is 0 Å². The maximum Gasteiger partial charge on any atom is 0.206 e. The fourth-order valence-corrected chi connectivity index (χ4v) is 3.96. The van der Waals surface area contributed by atoms with Gasteiger partial charge >= 0.3 is 0 Å². The molecule has 0 spiro atoms.